The summed E-state index contributed by atoms with van der Waals surface area (Å²) in [6.07, 6.45) is 6.03. The predicted octanol–water partition coefficient (Wildman–Crippen LogP) is 1.77. The van der Waals surface area contributed by atoms with Crippen molar-refractivity contribution in [3.05, 3.63) is 47.9 Å². The van der Waals surface area contributed by atoms with Gasteiger partial charge in [0.1, 0.15) is 6.04 Å². The summed E-state index contributed by atoms with van der Waals surface area (Å²) < 4.78 is 5.34. The Labute approximate surface area is 130 Å². The molecule has 1 aliphatic heterocycles. The lowest BCUT2D eigenvalue weighted by Crippen LogP contribution is -2.46. The summed E-state index contributed by atoms with van der Waals surface area (Å²) in [7, 11) is 2.10. The summed E-state index contributed by atoms with van der Waals surface area (Å²) in [4.78, 5) is 13.3. The number of likely N-dealkylation sites (N-methyl/N-ethyl adjacent to an activating group) is 1. The Morgan fingerprint density at radius 1 is 1.36 bits per heavy atom. The highest BCUT2D eigenvalue weighted by Crippen LogP contribution is 2.22. The molecular formula is C16H21N5O. The summed E-state index contributed by atoms with van der Waals surface area (Å²) >= 11 is 0. The molecule has 0 saturated carbocycles. The fourth-order valence-electron chi connectivity index (χ4n) is 2.61. The van der Waals surface area contributed by atoms with Crippen LogP contribution >= 0.6 is 0 Å². The van der Waals surface area contributed by atoms with Crippen molar-refractivity contribution in [3.8, 4) is 0 Å². The van der Waals surface area contributed by atoms with Crippen LogP contribution in [-0.4, -0.2) is 58.2 Å². The molecular weight excluding hydrogens is 278 g/mol. The standard InChI is InChI=1S/C16H21N5O/c1-13-18-16(22-19-13)15-12-21(11-10-20(15)2)9-5-7-14-6-3-4-8-17-14/h3-8,15H,9-12H2,1-2H3. The van der Waals surface area contributed by atoms with Crippen LogP contribution in [0.4, 0.5) is 0 Å². The van der Waals surface area contributed by atoms with Gasteiger partial charge in [-0.25, -0.2) is 0 Å². The molecule has 6 nitrogen and oxygen atoms in total. The minimum absolute atomic E-state index is 0.165. The normalized spacial score (nSPS) is 20.7. The molecule has 1 fully saturated rings. The summed E-state index contributed by atoms with van der Waals surface area (Å²) in [6.45, 7) is 5.66. The Kier molecular flexibility index (Phi) is 4.60. The summed E-state index contributed by atoms with van der Waals surface area (Å²) in [5.41, 5.74) is 0.987. The van der Waals surface area contributed by atoms with E-state index in [1.807, 2.05) is 31.3 Å². The first-order chi connectivity index (χ1) is 10.7. The van der Waals surface area contributed by atoms with Crippen LogP contribution in [0.1, 0.15) is 23.5 Å². The molecule has 1 saturated heterocycles. The molecule has 0 spiro atoms. The van der Waals surface area contributed by atoms with Crippen molar-refractivity contribution in [2.24, 2.45) is 0 Å². The van der Waals surface area contributed by atoms with Gasteiger partial charge in [-0.15, -0.1) is 0 Å². The van der Waals surface area contributed by atoms with Gasteiger partial charge in [0.05, 0.1) is 5.69 Å². The highest BCUT2D eigenvalue weighted by atomic mass is 16.5. The van der Waals surface area contributed by atoms with Gasteiger partial charge < -0.3 is 4.52 Å². The Morgan fingerprint density at radius 2 is 2.27 bits per heavy atom. The maximum Gasteiger partial charge on any atom is 0.245 e. The predicted molar refractivity (Wildman–Crippen MR) is 84.1 cm³/mol. The van der Waals surface area contributed by atoms with Gasteiger partial charge in [0, 0.05) is 32.4 Å². The van der Waals surface area contributed by atoms with Crippen LogP contribution in [0.5, 0.6) is 0 Å². The number of piperazine rings is 1. The Morgan fingerprint density at radius 3 is 3.00 bits per heavy atom. The van der Waals surface area contributed by atoms with Crippen LogP contribution in [0.3, 0.4) is 0 Å². The van der Waals surface area contributed by atoms with Gasteiger partial charge in [0.2, 0.25) is 5.89 Å². The van der Waals surface area contributed by atoms with Crippen LogP contribution in [0.2, 0.25) is 0 Å². The van der Waals surface area contributed by atoms with E-state index < -0.39 is 0 Å². The monoisotopic (exact) mass is 299 g/mol. The molecule has 0 bridgehead atoms. The minimum Gasteiger partial charge on any atom is -0.338 e. The van der Waals surface area contributed by atoms with E-state index in [-0.39, 0.29) is 6.04 Å². The number of aromatic nitrogens is 3. The summed E-state index contributed by atoms with van der Waals surface area (Å²) in [6, 6.07) is 6.09. The van der Waals surface area contributed by atoms with E-state index >= 15 is 0 Å². The number of rotatable bonds is 4. The van der Waals surface area contributed by atoms with Gasteiger partial charge in [-0.05, 0) is 32.2 Å². The molecule has 0 aromatic carbocycles. The zero-order chi connectivity index (χ0) is 15.4. The van der Waals surface area contributed by atoms with Crippen molar-refractivity contribution in [3.63, 3.8) is 0 Å². The number of hydrogen-bond donors (Lipinski definition) is 0. The molecule has 0 radical (unpaired) electrons. The first-order valence-electron chi connectivity index (χ1n) is 7.53. The van der Waals surface area contributed by atoms with Crippen molar-refractivity contribution in [1.82, 2.24) is 24.9 Å². The van der Waals surface area contributed by atoms with Gasteiger partial charge in [0.15, 0.2) is 5.82 Å². The topological polar surface area (TPSA) is 58.3 Å². The molecule has 0 aliphatic carbocycles. The minimum atomic E-state index is 0.165. The first kappa shape index (κ1) is 14.9. The maximum absolute atomic E-state index is 5.34. The van der Waals surface area contributed by atoms with Gasteiger partial charge >= 0.3 is 0 Å². The number of hydrogen-bond acceptors (Lipinski definition) is 6. The number of aryl methyl sites for hydroxylation is 1. The average Bonchev–Trinajstić information content (AvgIpc) is 2.96. The second-order valence-electron chi connectivity index (χ2n) is 5.59. The zero-order valence-corrected chi connectivity index (χ0v) is 13.0. The lowest BCUT2D eigenvalue weighted by Gasteiger charge is -2.37. The molecule has 6 heteroatoms. The zero-order valence-electron chi connectivity index (χ0n) is 13.0. The average molecular weight is 299 g/mol. The smallest absolute Gasteiger partial charge is 0.245 e. The molecule has 3 heterocycles. The quantitative estimate of drug-likeness (QED) is 0.857. The first-order valence-corrected chi connectivity index (χ1v) is 7.53. The molecule has 116 valence electrons. The number of pyridine rings is 1. The van der Waals surface area contributed by atoms with Crippen molar-refractivity contribution >= 4 is 6.08 Å². The highest BCUT2D eigenvalue weighted by Gasteiger charge is 2.29. The van der Waals surface area contributed by atoms with E-state index in [1.165, 1.54) is 0 Å². The van der Waals surface area contributed by atoms with Crippen molar-refractivity contribution in [2.75, 3.05) is 33.2 Å². The van der Waals surface area contributed by atoms with Crippen molar-refractivity contribution < 1.29 is 4.52 Å². The lowest BCUT2D eigenvalue weighted by atomic mass is 10.1. The molecule has 3 rings (SSSR count). The molecule has 0 N–H and O–H groups in total. The van der Waals surface area contributed by atoms with Crippen LogP contribution in [0.15, 0.2) is 35.0 Å². The van der Waals surface area contributed by atoms with E-state index in [1.54, 1.807) is 0 Å². The second kappa shape index (κ2) is 6.81. The van der Waals surface area contributed by atoms with Crippen molar-refractivity contribution in [1.29, 1.82) is 0 Å². The second-order valence-corrected chi connectivity index (χ2v) is 5.59. The van der Waals surface area contributed by atoms with Gasteiger partial charge in [0.25, 0.3) is 0 Å². The third-order valence-corrected chi connectivity index (χ3v) is 3.90. The van der Waals surface area contributed by atoms with Crippen LogP contribution in [0.25, 0.3) is 6.08 Å². The Bertz CT molecular complexity index is 624. The van der Waals surface area contributed by atoms with E-state index in [9.17, 15) is 0 Å². The SMILES string of the molecule is Cc1noc(C2CN(CC=Cc3ccccn3)CCN2C)n1. The molecule has 1 aliphatic rings. The molecule has 1 unspecified atom stereocenters. The summed E-state index contributed by atoms with van der Waals surface area (Å²) in [5.74, 6) is 1.40. The van der Waals surface area contributed by atoms with Gasteiger partial charge in [-0.2, -0.15) is 4.98 Å². The third kappa shape index (κ3) is 3.58. The van der Waals surface area contributed by atoms with Gasteiger partial charge in [-0.1, -0.05) is 17.3 Å². The molecule has 1 atom stereocenters. The molecule has 2 aromatic heterocycles. The van der Waals surface area contributed by atoms with Crippen LogP contribution in [-0.2, 0) is 0 Å². The van der Waals surface area contributed by atoms with E-state index in [4.69, 9.17) is 4.52 Å². The fraction of sp³-hybridized carbons (Fsp3) is 0.438. The lowest BCUT2D eigenvalue weighted by molar-refractivity contribution is 0.0833. The van der Waals surface area contributed by atoms with E-state index in [2.05, 4.69) is 44.1 Å². The summed E-state index contributed by atoms with van der Waals surface area (Å²) in [5, 5.41) is 3.90. The molecule has 22 heavy (non-hydrogen) atoms. The Hall–Kier alpha value is -2.05. The maximum atomic E-state index is 5.34. The fourth-order valence-corrected chi connectivity index (χ4v) is 2.61. The Balaban J connectivity index is 1.60. The van der Waals surface area contributed by atoms with Crippen LogP contribution < -0.4 is 0 Å². The largest absolute Gasteiger partial charge is 0.338 e. The van der Waals surface area contributed by atoms with Crippen LogP contribution in [0, 0.1) is 6.92 Å². The van der Waals surface area contributed by atoms with Gasteiger partial charge in [-0.3, -0.25) is 14.8 Å². The van der Waals surface area contributed by atoms with Crippen molar-refractivity contribution in [2.45, 2.75) is 13.0 Å². The molecule has 0 amide bonds. The third-order valence-electron chi connectivity index (χ3n) is 3.90. The van der Waals surface area contributed by atoms with E-state index in [0.29, 0.717) is 11.7 Å². The molecule has 2 aromatic rings. The van der Waals surface area contributed by atoms with E-state index in [0.717, 1.165) is 31.9 Å². The highest BCUT2D eigenvalue weighted by molar-refractivity contribution is 5.43. The number of nitrogens with zero attached hydrogens (tertiary/aromatic N) is 5.